The van der Waals surface area contributed by atoms with E-state index in [1.54, 1.807) is 13.8 Å². The van der Waals surface area contributed by atoms with Gasteiger partial charge in [0.2, 0.25) is 0 Å². The molecular weight excluding hydrogens is 184 g/mol. The minimum atomic E-state index is -1.29. The highest BCUT2D eigenvalue weighted by Crippen LogP contribution is 2.19. The fourth-order valence-corrected chi connectivity index (χ4v) is 1.20. The Morgan fingerprint density at radius 2 is 1.50 bits per heavy atom. The zero-order valence-electron chi connectivity index (χ0n) is 8.33. The fraction of sp³-hybridized carbons (Fsp3) is 0.400. The van der Waals surface area contributed by atoms with Gasteiger partial charge in [-0.05, 0) is 12.8 Å². The third-order valence-electron chi connectivity index (χ3n) is 1.98. The van der Waals surface area contributed by atoms with Crippen LogP contribution in [0.3, 0.4) is 0 Å². The summed E-state index contributed by atoms with van der Waals surface area (Å²) in [5.74, 6) is -2.52. The van der Waals surface area contributed by atoms with Crippen molar-refractivity contribution in [2.24, 2.45) is 0 Å². The van der Waals surface area contributed by atoms with Crippen LogP contribution in [-0.2, 0) is 9.59 Å². The summed E-state index contributed by atoms with van der Waals surface area (Å²) < 4.78 is 0. The van der Waals surface area contributed by atoms with Gasteiger partial charge in [-0.15, -0.1) is 0 Å². The maximum absolute atomic E-state index is 10.8. The van der Waals surface area contributed by atoms with Crippen LogP contribution in [0.2, 0.25) is 0 Å². The Morgan fingerprint density at radius 3 is 1.71 bits per heavy atom. The van der Waals surface area contributed by atoms with Crippen molar-refractivity contribution >= 4 is 11.9 Å². The Morgan fingerprint density at radius 1 is 1.07 bits per heavy atom. The molecule has 0 aromatic rings. The van der Waals surface area contributed by atoms with Crippen LogP contribution in [0.25, 0.3) is 0 Å². The van der Waals surface area contributed by atoms with E-state index < -0.39 is 11.9 Å². The van der Waals surface area contributed by atoms with Crippen LogP contribution in [0.5, 0.6) is 0 Å². The van der Waals surface area contributed by atoms with Crippen molar-refractivity contribution in [3.05, 3.63) is 23.3 Å². The van der Waals surface area contributed by atoms with Crippen LogP contribution in [0.15, 0.2) is 23.3 Å². The molecule has 0 radical (unpaired) electrons. The van der Waals surface area contributed by atoms with Crippen LogP contribution in [-0.4, -0.2) is 22.2 Å². The lowest BCUT2D eigenvalue weighted by Gasteiger charge is -2.08. The summed E-state index contributed by atoms with van der Waals surface area (Å²) in [5.41, 5.74) is 0.0867. The SMILES string of the molecule is C=C(C(=O)O)C(C(=O)O)=C(CC)CC. The summed E-state index contributed by atoms with van der Waals surface area (Å²) in [5, 5.41) is 17.5. The first-order chi connectivity index (χ1) is 6.45. The maximum atomic E-state index is 10.8. The molecule has 4 heteroatoms. The molecule has 78 valence electrons. The third kappa shape index (κ3) is 2.73. The van der Waals surface area contributed by atoms with Gasteiger partial charge in [0.1, 0.15) is 0 Å². The van der Waals surface area contributed by atoms with Crippen molar-refractivity contribution in [1.29, 1.82) is 0 Å². The van der Waals surface area contributed by atoms with E-state index in [1.165, 1.54) is 0 Å². The molecule has 4 nitrogen and oxygen atoms in total. The molecule has 0 saturated carbocycles. The molecular formula is C10H14O4. The van der Waals surface area contributed by atoms with Crippen LogP contribution in [0, 0.1) is 0 Å². The van der Waals surface area contributed by atoms with E-state index in [-0.39, 0.29) is 11.1 Å². The lowest BCUT2D eigenvalue weighted by Crippen LogP contribution is -2.12. The van der Waals surface area contributed by atoms with Gasteiger partial charge >= 0.3 is 11.9 Å². The fourth-order valence-electron chi connectivity index (χ4n) is 1.20. The van der Waals surface area contributed by atoms with Gasteiger partial charge in [-0.3, -0.25) is 0 Å². The Labute approximate surface area is 82.6 Å². The summed E-state index contributed by atoms with van der Waals surface area (Å²) in [7, 11) is 0. The lowest BCUT2D eigenvalue weighted by molar-refractivity contribution is -0.136. The second-order valence-electron chi connectivity index (χ2n) is 2.77. The van der Waals surface area contributed by atoms with Gasteiger partial charge in [0.05, 0.1) is 11.1 Å². The van der Waals surface area contributed by atoms with Gasteiger partial charge in [-0.25, -0.2) is 9.59 Å². The van der Waals surface area contributed by atoms with E-state index in [9.17, 15) is 9.59 Å². The highest BCUT2D eigenvalue weighted by atomic mass is 16.4. The number of carboxylic acids is 2. The number of carbonyl (C=O) groups is 2. The summed E-state index contributed by atoms with van der Waals surface area (Å²) in [6.45, 7) is 6.83. The Balaban J connectivity index is 5.33. The molecule has 0 aliphatic rings. The minimum absolute atomic E-state index is 0.164. The van der Waals surface area contributed by atoms with Crippen LogP contribution in [0.4, 0.5) is 0 Å². The first kappa shape index (κ1) is 12.4. The van der Waals surface area contributed by atoms with Crippen LogP contribution < -0.4 is 0 Å². The highest BCUT2D eigenvalue weighted by molar-refractivity contribution is 6.05. The Hall–Kier alpha value is -1.58. The highest BCUT2D eigenvalue weighted by Gasteiger charge is 2.20. The molecule has 2 N–H and O–H groups in total. The molecule has 0 spiro atoms. The molecule has 0 aromatic heterocycles. The van der Waals surface area contributed by atoms with Gasteiger partial charge in [0.15, 0.2) is 0 Å². The molecule has 0 bridgehead atoms. The summed E-state index contributed by atoms with van der Waals surface area (Å²) >= 11 is 0. The zero-order chi connectivity index (χ0) is 11.3. The smallest absolute Gasteiger partial charge is 0.336 e. The molecule has 0 amide bonds. The van der Waals surface area contributed by atoms with Gasteiger partial charge < -0.3 is 10.2 Å². The number of rotatable bonds is 5. The Bertz CT molecular complexity index is 293. The van der Waals surface area contributed by atoms with Crippen LogP contribution >= 0.6 is 0 Å². The summed E-state index contributed by atoms with van der Waals surface area (Å²) in [4.78, 5) is 21.4. The summed E-state index contributed by atoms with van der Waals surface area (Å²) in [6.07, 6.45) is 1.04. The van der Waals surface area contributed by atoms with Crippen molar-refractivity contribution in [1.82, 2.24) is 0 Å². The molecule has 0 rings (SSSR count). The first-order valence-electron chi connectivity index (χ1n) is 4.33. The minimum Gasteiger partial charge on any atom is -0.478 e. The van der Waals surface area contributed by atoms with Crippen molar-refractivity contribution in [3.63, 3.8) is 0 Å². The monoisotopic (exact) mass is 198 g/mol. The first-order valence-corrected chi connectivity index (χ1v) is 4.33. The number of allylic oxidation sites excluding steroid dienone is 1. The number of aliphatic carboxylic acids is 2. The number of hydrogen-bond acceptors (Lipinski definition) is 2. The van der Waals surface area contributed by atoms with Crippen LogP contribution in [0.1, 0.15) is 26.7 Å². The van der Waals surface area contributed by atoms with E-state index >= 15 is 0 Å². The van der Waals surface area contributed by atoms with E-state index in [4.69, 9.17) is 10.2 Å². The Kier molecular flexibility index (Phi) is 4.63. The average Bonchev–Trinajstić information content (AvgIpc) is 2.12. The predicted octanol–water partition coefficient (Wildman–Crippen LogP) is 1.83. The number of carboxylic acid groups (broad SMARTS) is 2. The van der Waals surface area contributed by atoms with Gasteiger partial charge in [-0.1, -0.05) is 26.0 Å². The molecule has 0 unspecified atom stereocenters. The third-order valence-corrected chi connectivity index (χ3v) is 1.98. The molecule has 0 aliphatic heterocycles. The lowest BCUT2D eigenvalue weighted by atomic mass is 9.97. The molecule has 14 heavy (non-hydrogen) atoms. The molecule has 0 aliphatic carbocycles. The molecule has 0 aromatic carbocycles. The quantitative estimate of drug-likeness (QED) is 0.522. The van der Waals surface area contributed by atoms with E-state index in [0.717, 1.165) is 0 Å². The van der Waals surface area contributed by atoms with Gasteiger partial charge in [0.25, 0.3) is 0 Å². The predicted molar refractivity (Wildman–Crippen MR) is 52.0 cm³/mol. The second-order valence-corrected chi connectivity index (χ2v) is 2.77. The van der Waals surface area contributed by atoms with E-state index in [0.29, 0.717) is 18.4 Å². The second kappa shape index (κ2) is 5.21. The summed E-state index contributed by atoms with van der Waals surface area (Å²) in [6, 6.07) is 0. The maximum Gasteiger partial charge on any atom is 0.336 e. The van der Waals surface area contributed by atoms with Crippen molar-refractivity contribution in [2.75, 3.05) is 0 Å². The average molecular weight is 198 g/mol. The topological polar surface area (TPSA) is 74.6 Å². The molecule has 0 atom stereocenters. The van der Waals surface area contributed by atoms with E-state index in [1.807, 2.05) is 0 Å². The largest absolute Gasteiger partial charge is 0.478 e. The molecule has 0 saturated heterocycles. The molecule has 0 heterocycles. The van der Waals surface area contributed by atoms with Crippen molar-refractivity contribution < 1.29 is 19.8 Å². The molecule has 0 fully saturated rings. The standard InChI is InChI=1S/C10H14O4/c1-4-7(5-2)8(10(13)14)6(3)9(11)12/h3-5H2,1-2H3,(H,11,12)(H,13,14). The zero-order valence-corrected chi connectivity index (χ0v) is 8.33. The van der Waals surface area contributed by atoms with Gasteiger partial charge in [-0.2, -0.15) is 0 Å². The number of hydrogen-bond donors (Lipinski definition) is 2. The van der Waals surface area contributed by atoms with Crippen molar-refractivity contribution in [2.45, 2.75) is 26.7 Å². The van der Waals surface area contributed by atoms with Crippen molar-refractivity contribution in [3.8, 4) is 0 Å². The van der Waals surface area contributed by atoms with Gasteiger partial charge in [0, 0.05) is 0 Å². The normalized spacial score (nSPS) is 9.29. The van der Waals surface area contributed by atoms with E-state index in [2.05, 4.69) is 6.58 Å².